The Kier molecular flexibility index (Phi) is 2.76. The molecule has 72 valence electrons. The highest BCUT2D eigenvalue weighted by Gasteiger charge is 2.08. The fraction of sp³-hybridized carbons (Fsp3) is 0.500. The van der Waals surface area contributed by atoms with E-state index in [0.717, 1.165) is 12.1 Å². The molecular weight excluding hydrogens is 164 g/mol. The van der Waals surface area contributed by atoms with Crippen LogP contribution in [-0.4, -0.2) is 4.57 Å². The summed E-state index contributed by atoms with van der Waals surface area (Å²) < 4.78 is 1.75. The third kappa shape index (κ3) is 1.74. The number of hydrogen-bond acceptors (Lipinski definition) is 2. The van der Waals surface area contributed by atoms with Gasteiger partial charge in [-0.05, 0) is 32.4 Å². The van der Waals surface area contributed by atoms with Gasteiger partial charge in [0, 0.05) is 11.7 Å². The van der Waals surface area contributed by atoms with Gasteiger partial charge in [-0.15, -0.1) is 0 Å². The zero-order valence-corrected chi connectivity index (χ0v) is 8.37. The number of anilines is 1. The van der Waals surface area contributed by atoms with Crippen LogP contribution >= 0.6 is 0 Å². The van der Waals surface area contributed by atoms with Crippen LogP contribution in [0.2, 0.25) is 0 Å². The lowest BCUT2D eigenvalue weighted by Gasteiger charge is -2.16. The summed E-state index contributed by atoms with van der Waals surface area (Å²) in [6.45, 7) is 6.00. The molecule has 0 aliphatic carbocycles. The van der Waals surface area contributed by atoms with E-state index in [1.807, 2.05) is 19.9 Å². The van der Waals surface area contributed by atoms with Crippen molar-refractivity contribution in [3.8, 4) is 0 Å². The van der Waals surface area contributed by atoms with Crippen molar-refractivity contribution >= 4 is 5.69 Å². The van der Waals surface area contributed by atoms with Crippen molar-refractivity contribution < 1.29 is 0 Å². The summed E-state index contributed by atoms with van der Waals surface area (Å²) in [6, 6.07) is 3.76. The van der Waals surface area contributed by atoms with Crippen molar-refractivity contribution in [3.63, 3.8) is 0 Å². The second-order valence-corrected chi connectivity index (χ2v) is 3.36. The van der Waals surface area contributed by atoms with Gasteiger partial charge in [0.15, 0.2) is 0 Å². The molecular formula is C10H16N2O. The number of pyridine rings is 1. The zero-order chi connectivity index (χ0) is 10.0. The number of aryl methyl sites for hydroxylation is 1. The largest absolute Gasteiger partial charge is 0.394 e. The van der Waals surface area contributed by atoms with Gasteiger partial charge < -0.3 is 10.3 Å². The maximum absolute atomic E-state index is 11.6. The van der Waals surface area contributed by atoms with Crippen LogP contribution in [0.3, 0.4) is 0 Å². The monoisotopic (exact) mass is 180 g/mol. The number of nitrogens with zero attached hydrogens (tertiary/aromatic N) is 1. The van der Waals surface area contributed by atoms with Gasteiger partial charge in [-0.25, -0.2) is 0 Å². The standard InChI is InChI=1S/C10H16N2O/c1-4-7(2)12-8(3)5-6-9(11)10(12)13/h5-7H,4,11H2,1-3H3. The van der Waals surface area contributed by atoms with Gasteiger partial charge in [0.1, 0.15) is 0 Å². The van der Waals surface area contributed by atoms with Crippen LogP contribution < -0.4 is 11.3 Å². The molecule has 0 radical (unpaired) electrons. The Bertz CT molecular complexity index is 354. The molecule has 2 N–H and O–H groups in total. The Morgan fingerprint density at radius 1 is 1.54 bits per heavy atom. The lowest BCUT2D eigenvalue weighted by atomic mass is 10.2. The Morgan fingerprint density at radius 3 is 2.69 bits per heavy atom. The summed E-state index contributed by atoms with van der Waals surface area (Å²) in [7, 11) is 0. The lowest BCUT2D eigenvalue weighted by molar-refractivity contribution is 0.504. The molecule has 1 aromatic heterocycles. The molecule has 1 atom stereocenters. The highest BCUT2D eigenvalue weighted by molar-refractivity contribution is 5.35. The zero-order valence-electron chi connectivity index (χ0n) is 8.37. The van der Waals surface area contributed by atoms with Crippen LogP contribution in [-0.2, 0) is 0 Å². The minimum absolute atomic E-state index is 0.0747. The van der Waals surface area contributed by atoms with Crippen LogP contribution in [0.4, 0.5) is 5.69 Å². The quantitative estimate of drug-likeness (QED) is 0.753. The number of nitrogens with two attached hydrogens (primary N) is 1. The summed E-state index contributed by atoms with van der Waals surface area (Å²) in [4.78, 5) is 11.6. The maximum atomic E-state index is 11.6. The molecule has 0 aromatic carbocycles. The summed E-state index contributed by atoms with van der Waals surface area (Å²) in [5.41, 5.74) is 6.77. The number of rotatable bonds is 2. The SMILES string of the molecule is CCC(C)n1c(C)ccc(N)c1=O. The molecule has 0 saturated heterocycles. The van der Waals surface area contributed by atoms with Crippen molar-refractivity contribution in [2.24, 2.45) is 0 Å². The van der Waals surface area contributed by atoms with Gasteiger partial charge in [-0.2, -0.15) is 0 Å². The van der Waals surface area contributed by atoms with Gasteiger partial charge in [-0.3, -0.25) is 4.79 Å². The molecule has 0 spiro atoms. The van der Waals surface area contributed by atoms with E-state index in [0.29, 0.717) is 5.69 Å². The van der Waals surface area contributed by atoms with E-state index in [-0.39, 0.29) is 11.6 Å². The second kappa shape index (κ2) is 3.64. The Labute approximate surface area is 78.2 Å². The smallest absolute Gasteiger partial charge is 0.274 e. The third-order valence-corrected chi connectivity index (χ3v) is 2.38. The fourth-order valence-electron chi connectivity index (χ4n) is 1.39. The molecule has 0 aliphatic rings. The molecule has 1 aromatic rings. The van der Waals surface area contributed by atoms with Crippen LogP contribution in [0.5, 0.6) is 0 Å². The van der Waals surface area contributed by atoms with Crippen LogP contribution in [0.25, 0.3) is 0 Å². The number of nitrogen functional groups attached to an aromatic ring is 1. The molecule has 1 rings (SSSR count). The first-order valence-electron chi connectivity index (χ1n) is 4.55. The first-order valence-corrected chi connectivity index (χ1v) is 4.55. The van der Waals surface area contributed by atoms with Crippen molar-refractivity contribution in [1.29, 1.82) is 0 Å². The molecule has 0 aliphatic heterocycles. The molecule has 3 heteroatoms. The lowest BCUT2D eigenvalue weighted by Crippen LogP contribution is -2.26. The predicted octanol–water partition coefficient (Wildman–Crippen LogP) is 1.71. The van der Waals surface area contributed by atoms with Crippen molar-refractivity contribution in [3.05, 3.63) is 28.2 Å². The predicted molar refractivity (Wildman–Crippen MR) is 54.9 cm³/mol. The molecule has 13 heavy (non-hydrogen) atoms. The van der Waals surface area contributed by atoms with E-state index in [2.05, 4.69) is 6.92 Å². The third-order valence-electron chi connectivity index (χ3n) is 2.38. The van der Waals surface area contributed by atoms with E-state index < -0.39 is 0 Å². The first-order chi connectivity index (χ1) is 6.07. The van der Waals surface area contributed by atoms with E-state index in [1.165, 1.54) is 0 Å². The Balaban J connectivity index is 3.34. The van der Waals surface area contributed by atoms with Gasteiger partial charge in [0.25, 0.3) is 5.56 Å². The van der Waals surface area contributed by atoms with E-state index >= 15 is 0 Å². The minimum atomic E-state index is -0.0747. The Hall–Kier alpha value is -1.25. The van der Waals surface area contributed by atoms with Gasteiger partial charge in [0.05, 0.1) is 5.69 Å². The topological polar surface area (TPSA) is 48.0 Å². The number of aromatic nitrogens is 1. The van der Waals surface area contributed by atoms with E-state index in [4.69, 9.17) is 5.73 Å². The summed E-state index contributed by atoms with van der Waals surface area (Å²) in [6.07, 6.45) is 0.935. The number of hydrogen-bond donors (Lipinski definition) is 1. The van der Waals surface area contributed by atoms with Crippen LogP contribution in [0.15, 0.2) is 16.9 Å². The normalized spacial score (nSPS) is 12.8. The first kappa shape index (κ1) is 9.84. The highest BCUT2D eigenvalue weighted by atomic mass is 16.1. The highest BCUT2D eigenvalue weighted by Crippen LogP contribution is 2.11. The summed E-state index contributed by atoms with van der Waals surface area (Å²) >= 11 is 0. The van der Waals surface area contributed by atoms with Crippen molar-refractivity contribution in [2.45, 2.75) is 33.2 Å². The molecule has 3 nitrogen and oxygen atoms in total. The second-order valence-electron chi connectivity index (χ2n) is 3.36. The van der Waals surface area contributed by atoms with Crippen LogP contribution in [0, 0.1) is 6.92 Å². The average Bonchev–Trinajstić information content (AvgIpc) is 2.12. The molecule has 0 saturated carbocycles. The van der Waals surface area contributed by atoms with Crippen molar-refractivity contribution in [1.82, 2.24) is 4.57 Å². The molecule has 1 unspecified atom stereocenters. The van der Waals surface area contributed by atoms with Crippen molar-refractivity contribution in [2.75, 3.05) is 5.73 Å². The van der Waals surface area contributed by atoms with E-state index in [9.17, 15) is 4.79 Å². The summed E-state index contributed by atoms with van der Waals surface area (Å²) in [5.74, 6) is 0. The van der Waals surface area contributed by atoms with Crippen LogP contribution in [0.1, 0.15) is 32.0 Å². The summed E-state index contributed by atoms with van der Waals surface area (Å²) in [5, 5.41) is 0. The molecule has 0 amide bonds. The Morgan fingerprint density at radius 2 is 2.15 bits per heavy atom. The van der Waals surface area contributed by atoms with Gasteiger partial charge in [-0.1, -0.05) is 6.92 Å². The fourth-order valence-corrected chi connectivity index (χ4v) is 1.39. The van der Waals surface area contributed by atoms with Gasteiger partial charge in [0.2, 0.25) is 0 Å². The molecule has 0 fully saturated rings. The molecule has 0 bridgehead atoms. The van der Waals surface area contributed by atoms with Gasteiger partial charge >= 0.3 is 0 Å². The molecule has 1 heterocycles. The maximum Gasteiger partial charge on any atom is 0.274 e. The minimum Gasteiger partial charge on any atom is -0.394 e. The van der Waals surface area contributed by atoms with E-state index in [1.54, 1.807) is 10.6 Å². The average molecular weight is 180 g/mol.